The predicted octanol–water partition coefficient (Wildman–Crippen LogP) is 3.23. The Morgan fingerprint density at radius 3 is 2.77 bits per heavy atom. The predicted molar refractivity (Wildman–Crippen MR) is 122 cm³/mol. The van der Waals surface area contributed by atoms with Gasteiger partial charge >= 0.3 is 0 Å². The highest BCUT2D eigenvalue weighted by molar-refractivity contribution is 7.08. The van der Waals surface area contributed by atoms with E-state index in [0.717, 1.165) is 54.1 Å². The zero-order chi connectivity index (χ0) is 20.8. The number of benzene rings is 1. The maximum Gasteiger partial charge on any atom is 0.229 e. The summed E-state index contributed by atoms with van der Waals surface area (Å²) in [6.07, 6.45) is 4.07. The number of nitrogens with two attached hydrogens (primary N) is 1. The van der Waals surface area contributed by atoms with Crippen LogP contribution in [0.2, 0.25) is 0 Å². The van der Waals surface area contributed by atoms with Crippen molar-refractivity contribution in [3.63, 3.8) is 0 Å². The van der Waals surface area contributed by atoms with E-state index < -0.39 is 0 Å². The maximum absolute atomic E-state index is 6.53. The molecule has 156 valence electrons. The molecule has 9 nitrogen and oxygen atoms in total. The number of thiophene rings is 1. The summed E-state index contributed by atoms with van der Waals surface area (Å²) < 4.78 is 1.99. The first-order chi connectivity index (χ1) is 15.3. The first kappa shape index (κ1) is 18.3. The Hall–Kier alpha value is -3.50. The molecule has 0 aliphatic carbocycles. The lowest BCUT2D eigenvalue weighted by Gasteiger charge is -2.20. The van der Waals surface area contributed by atoms with Crippen molar-refractivity contribution in [2.24, 2.45) is 5.84 Å². The van der Waals surface area contributed by atoms with Gasteiger partial charge in [0.1, 0.15) is 12.2 Å². The number of anilines is 2. The molecule has 0 amide bonds. The highest BCUT2D eigenvalue weighted by Gasteiger charge is 2.23. The first-order valence-electron chi connectivity index (χ1n) is 10.2. The third-order valence-corrected chi connectivity index (χ3v) is 6.24. The molecule has 1 aromatic carbocycles. The number of hydrogen-bond acceptors (Lipinski definition) is 8. The number of imidazole rings is 2. The van der Waals surface area contributed by atoms with Gasteiger partial charge in [0.15, 0.2) is 17.0 Å². The molecule has 1 fully saturated rings. The van der Waals surface area contributed by atoms with Gasteiger partial charge < -0.3 is 9.88 Å². The molecular formula is C21H21N9S. The molecule has 5 aromatic rings. The number of aromatic amines is 1. The van der Waals surface area contributed by atoms with Crippen LogP contribution in [0.3, 0.4) is 0 Å². The molecule has 0 atom stereocenters. The molecule has 0 bridgehead atoms. The molecule has 4 aromatic heterocycles. The van der Waals surface area contributed by atoms with Gasteiger partial charge in [-0.25, -0.2) is 15.8 Å². The topological polar surface area (TPSA) is 105 Å². The number of aromatic nitrogens is 6. The van der Waals surface area contributed by atoms with E-state index in [1.807, 2.05) is 34.2 Å². The lowest BCUT2D eigenvalue weighted by atomic mass is 10.3. The van der Waals surface area contributed by atoms with Crippen LogP contribution in [-0.2, 0) is 6.54 Å². The van der Waals surface area contributed by atoms with Gasteiger partial charge in [0, 0.05) is 18.5 Å². The van der Waals surface area contributed by atoms with Gasteiger partial charge in [-0.1, -0.05) is 12.1 Å². The Balaban J connectivity index is 1.44. The third-order valence-electron chi connectivity index (χ3n) is 5.57. The van der Waals surface area contributed by atoms with Gasteiger partial charge in [0.2, 0.25) is 5.95 Å². The van der Waals surface area contributed by atoms with Crippen LogP contribution in [0, 0.1) is 0 Å². The van der Waals surface area contributed by atoms with Crippen molar-refractivity contribution >= 4 is 45.3 Å². The molecule has 31 heavy (non-hydrogen) atoms. The number of nitrogens with one attached hydrogen (secondary N) is 1. The minimum atomic E-state index is 0.381. The number of H-pyrrole nitrogens is 1. The van der Waals surface area contributed by atoms with Gasteiger partial charge in [-0.3, -0.25) is 9.58 Å². The zero-order valence-corrected chi connectivity index (χ0v) is 17.6. The Morgan fingerprint density at radius 2 is 1.97 bits per heavy atom. The molecule has 0 radical (unpaired) electrons. The summed E-state index contributed by atoms with van der Waals surface area (Å²) in [5, 5.41) is 5.72. The van der Waals surface area contributed by atoms with Crippen LogP contribution in [-0.4, -0.2) is 42.6 Å². The largest absolute Gasteiger partial charge is 0.341 e. The van der Waals surface area contributed by atoms with Crippen molar-refractivity contribution in [2.45, 2.75) is 19.4 Å². The first-order valence-corrected chi connectivity index (χ1v) is 11.2. The number of nitrogens with zero attached hydrogens (tertiary/aromatic N) is 7. The summed E-state index contributed by atoms with van der Waals surface area (Å²) in [5.74, 6) is 8.59. The van der Waals surface area contributed by atoms with Crippen LogP contribution in [0.5, 0.6) is 0 Å². The fraction of sp³-hybridized carbons (Fsp3) is 0.238. The Bertz CT molecular complexity index is 1320. The van der Waals surface area contributed by atoms with E-state index in [4.69, 9.17) is 15.8 Å². The molecule has 1 aliphatic heterocycles. The highest BCUT2D eigenvalue weighted by atomic mass is 32.1. The van der Waals surface area contributed by atoms with E-state index in [2.05, 4.69) is 31.3 Å². The van der Waals surface area contributed by atoms with Gasteiger partial charge in [-0.05, 0) is 36.4 Å². The van der Waals surface area contributed by atoms with E-state index in [9.17, 15) is 0 Å². The summed E-state index contributed by atoms with van der Waals surface area (Å²) >= 11 is 1.64. The minimum Gasteiger partial charge on any atom is -0.341 e. The molecular weight excluding hydrogens is 410 g/mol. The second kappa shape index (κ2) is 7.33. The SMILES string of the molecule is NN(Cc1nc2ccccc2[nH]1)c1nc(N2CCCC2)nc2c1ncn2-c1ccsc1. The fourth-order valence-electron chi connectivity index (χ4n) is 4.03. The quantitative estimate of drug-likeness (QED) is 0.325. The highest BCUT2D eigenvalue weighted by Crippen LogP contribution is 2.29. The van der Waals surface area contributed by atoms with Crippen molar-refractivity contribution < 1.29 is 0 Å². The molecule has 10 heteroatoms. The normalized spacial score (nSPS) is 14.2. The Labute approximate surface area is 182 Å². The lowest BCUT2D eigenvalue weighted by molar-refractivity contribution is 0.790. The van der Waals surface area contributed by atoms with Gasteiger partial charge in [-0.15, -0.1) is 0 Å². The van der Waals surface area contributed by atoms with E-state index in [0.29, 0.717) is 23.8 Å². The third kappa shape index (κ3) is 3.20. The molecule has 0 spiro atoms. The van der Waals surface area contributed by atoms with Gasteiger partial charge in [0.25, 0.3) is 0 Å². The zero-order valence-electron chi connectivity index (χ0n) is 16.8. The smallest absolute Gasteiger partial charge is 0.229 e. The summed E-state index contributed by atoms with van der Waals surface area (Å²) in [4.78, 5) is 24.5. The van der Waals surface area contributed by atoms with E-state index in [1.54, 1.807) is 22.7 Å². The number of rotatable bonds is 5. The standard InChI is InChI=1S/C21H21N9S/c22-30(11-17-24-15-5-1-2-6-16(15)25-17)20-18-19(26-21(27-20)28-8-3-4-9-28)29(13-23-18)14-7-10-31-12-14/h1-2,5-7,10,12-13H,3-4,8-9,11,22H2,(H,24,25). The van der Waals surface area contributed by atoms with Crippen LogP contribution >= 0.6 is 11.3 Å². The van der Waals surface area contributed by atoms with Gasteiger partial charge in [-0.2, -0.15) is 21.3 Å². The van der Waals surface area contributed by atoms with E-state index in [1.165, 1.54) is 0 Å². The van der Waals surface area contributed by atoms with Crippen molar-refractivity contribution in [1.29, 1.82) is 0 Å². The number of fused-ring (bicyclic) bond motifs is 2. The molecule has 5 heterocycles. The van der Waals surface area contributed by atoms with E-state index >= 15 is 0 Å². The van der Waals surface area contributed by atoms with Crippen LogP contribution < -0.4 is 15.8 Å². The average Bonchev–Trinajstić information content (AvgIpc) is 3.58. The maximum atomic E-state index is 6.53. The summed E-state index contributed by atoms with van der Waals surface area (Å²) in [6.45, 7) is 2.28. The number of hydrazine groups is 1. The number of para-hydroxylation sites is 2. The minimum absolute atomic E-state index is 0.381. The van der Waals surface area contributed by atoms with Crippen molar-refractivity contribution in [2.75, 3.05) is 23.0 Å². The second-order valence-corrected chi connectivity index (χ2v) is 8.42. The van der Waals surface area contributed by atoms with Gasteiger partial charge in [0.05, 0.1) is 23.3 Å². The Kier molecular flexibility index (Phi) is 4.32. The lowest BCUT2D eigenvalue weighted by Crippen LogP contribution is -2.32. The van der Waals surface area contributed by atoms with Crippen LogP contribution in [0.15, 0.2) is 47.4 Å². The fourth-order valence-corrected chi connectivity index (χ4v) is 4.66. The summed E-state index contributed by atoms with van der Waals surface area (Å²) in [7, 11) is 0. The van der Waals surface area contributed by atoms with Crippen molar-refractivity contribution in [1.82, 2.24) is 29.5 Å². The monoisotopic (exact) mass is 431 g/mol. The molecule has 0 saturated carbocycles. The van der Waals surface area contributed by atoms with Crippen LogP contribution in [0.4, 0.5) is 11.8 Å². The van der Waals surface area contributed by atoms with Crippen molar-refractivity contribution in [3.8, 4) is 5.69 Å². The molecule has 3 N–H and O–H groups in total. The molecule has 1 aliphatic rings. The average molecular weight is 432 g/mol. The molecule has 6 rings (SSSR count). The number of hydrogen-bond donors (Lipinski definition) is 2. The molecule has 1 saturated heterocycles. The summed E-state index contributed by atoms with van der Waals surface area (Å²) in [5.41, 5.74) is 4.36. The van der Waals surface area contributed by atoms with Crippen molar-refractivity contribution in [3.05, 3.63) is 53.2 Å². The van der Waals surface area contributed by atoms with Crippen LogP contribution in [0.25, 0.3) is 27.9 Å². The van der Waals surface area contributed by atoms with Crippen LogP contribution in [0.1, 0.15) is 18.7 Å². The molecule has 0 unspecified atom stereocenters. The van der Waals surface area contributed by atoms with E-state index in [-0.39, 0.29) is 0 Å². The Morgan fingerprint density at radius 1 is 1.10 bits per heavy atom. The summed E-state index contributed by atoms with van der Waals surface area (Å²) in [6, 6.07) is 9.99. The second-order valence-electron chi connectivity index (χ2n) is 7.64.